The molecule has 754 valence electrons. The van der Waals surface area contributed by atoms with E-state index in [0.29, 0.717) is 19.3 Å². The highest BCUT2D eigenvalue weighted by molar-refractivity contribution is 7.47. The normalized spacial score (nSPS) is 14.3. The molecule has 0 aliphatic rings. The van der Waals surface area contributed by atoms with Gasteiger partial charge in [-0.15, -0.1) is 0 Å². The van der Waals surface area contributed by atoms with Gasteiger partial charge in [0.2, 0.25) is 0 Å². The minimum absolute atomic E-state index is 0.0988. The third-order valence-corrected chi connectivity index (χ3v) is 24.8. The summed E-state index contributed by atoms with van der Waals surface area (Å²) in [5.41, 5.74) is 0. The van der Waals surface area contributed by atoms with Gasteiger partial charge in [0.1, 0.15) is 25.4 Å². The van der Waals surface area contributed by atoms with Crippen molar-refractivity contribution >= 4 is 33.6 Å². The van der Waals surface area contributed by atoms with E-state index < -0.39 is 91.5 Å². The third-order valence-electron chi connectivity index (χ3n) is 22.9. The number of rotatable bonds is 101. The summed E-state index contributed by atoms with van der Waals surface area (Å²) >= 11 is 0. The van der Waals surface area contributed by atoms with Crippen molar-refractivity contribution in [3.63, 3.8) is 0 Å². The van der Waals surface area contributed by atoms with Crippen molar-refractivity contribution in [2.75, 3.05) is 39.6 Å². The van der Waals surface area contributed by atoms with Gasteiger partial charge in [-0.2, -0.15) is 0 Å². The SMILES string of the molecule is CC/C=C\C/C=C\C/C=C\C/C=C\C/C=C\CCCCCCCCCCCCCCCCCCCCCC(=O)OCC(O)COP(=O)(O)OCC(O)COP(=O)(O)OCC(COC(=O)CCCCCCCCCCCCCCCCCCC/C=C\C/C=C\C/C=C\C/C=C\CCCCC)OC(=O)CCCCCCCCCCCCC/C=C\C/C=C\C/C=C\C/C=C\C/C=C\CC. The maximum Gasteiger partial charge on any atom is 0.472 e. The molecule has 131 heavy (non-hydrogen) atoms. The van der Waals surface area contributed by atoms with Crippen LogP contribution in [0.2, 0.25) is 0 Å². The first-order chi connectivity index (χ1) is 64.2. The van der Waals surface area contributed by atoms with Crippen LogP contribution in [0.15, 0.2) is 170 Å². The standard InChI is InChI=1S/C113H196O16P2/c1-4-7-10-13-16-19-22-25-28-31-34-37-40-43-46-48-50-52-53-55-57-58-61-63-66-69-72-75-78-81-84-87-90-93-96-99-111(116)123-102-108(114)103-125-130(119,120)126-104-109(115)105-127-131(121,122)128-107-110(129-113(118)101-98-95-92-89-86-83-80-77-74-71-68-65-60-45-42-39-36-33-30-27-24-21-18-15-12-9-6-3)106-124-112(117)100-97-94-91-88-85-82-79-76-73-70-67-64-62-59-56-54-51-49-47-44-41-38-35-32-29-26-23-20-17-14-11-8-5-2/h7,9-10,12,16-21,25-30,34-39,43-47,60,108-110,114-115H,4-6,8,11,13-15,22-24,31-33,40-42,48-59,61-107H2,1-3H3,(H,119,120)(H,121,122)/b10-7-,12-9-,19-16-,20-17-,21-18-,28-25-,29-26-,30-27-,37-34-,38-35-,39-36-,46-43-,47-44-,60-45-. The maximum absolute atomic E-state index is 13.1. The summed E-state index contributed by atoms with van der Waals surface area (Å²) in [5.74, 6) is -1.56. The highest BCUT2D eigenvalue weighted by Gasteiger charge is 2.30. The van der Waals surface area contributed by atoms with E-state index in [0.717, 1.165) is 154 Å². The molecule has 16 nitrogen and oxygen atoms in total. The summed E-state index contributed by atoms with van der Waals surface area (Å²) < 4.78 is 61.8. The van der Waals surface area contributed by atoms with E-state index in [9.17, 15) is 43.5 Å². The monoisotopic (exact) mass is 1870 g/mol. The van der Waals surface area contributed by atoms with Crippen LogP contribution < -0.4 is 0 Å². The molecule has 0 aliphatic carbocycles. The smallest absolute Gasteiger partial charge is 0.463 e. The summed E-state index contributed by atoms with van der Waals surface area (Å²) in [4.78, 5) is 59.3. The molecular formula is C113H196O16P2. The summed E-state index contributed by atoms with van der Waals surface area (Å²) in [6.07, 6.45) is 137. The van der Waals surface area contributed by atoms with E-state index in [1.807, 2.05) is 0 Å². The zero-order chi connectivity index (χ0) is 95.0. The Labute approximate surface area is 803 Å². The van der Waals surface area contributed by atoms with E-state index in [1.54, 1.807) is 0 Å². The van der Waals surface area contributed by atoms with E-state index in [-0.39, 0.29) is 19.3 Å². The first-order valence-corrected chi connectivity index (χ1v) is 56.4. The van der Waals surface area contributed by atoms with Gasteiger partial charge in [-0.3, -0.25) is 32.5 Å². The van der Waals surface area contributed by atoms with Crippen molar-refractivity contribution in [3.05, 3.63) is 170 Å². The van der Waals surface area contributed by atoms with E-state index >= 15 is 0 Å². The van der Waals surface area contributed by atoms with Gasteiger partial charge in [0.05, 0.1) is 26.4 Å². The maximum atomic E-state index is 13.1. The lowest BCUT2D eigenvalue weighted by molar-refractivity contribution is -0.161. The van der Waals surface area contributed by atoms with E-state index in [4.69, 9.17) is 32.3 Å². The number of allylic oxidation sites excluding steroid dienone is 28. The molecule has 5 atom stereocenters. The first-order valence-electron chi connectivity index (χ1n) is 53.4. The number of phosphoric acid groups is 2. The number of esters is 3. The van der Waals surface area contributed by atoms with Crippen LogP contribution in [-0.4, -0.2) is 95.9 Å². The van der Waals surface area contributed by atoms with Crippen LogP contribution >= 0.6 is 15.6 Å². The molecule has 4 N–H and O–H groups in total. The first kappa shape index (κ1) is 126. The second kappa shape index (κ2) is 104. The van der Waals surface area contributed by atoms with Crippen molar-refractivity contribution in [1.29, 1.82) is 0 Å². The number of ether oxygens (including phenoxy) is 3. The molecule has 18 heteroatoms. The van der Waals surface area contributed by atoms with E-state index in [2.05, 4.69) is 191 Å². The van der Waals surface area contributed by atoms with Gasteiger partial charge in [0.25, 0.3) is 0 Å². The van der Waals surface area contributed by atoms with Crippen LogP contribution in [0.25, 0.3) is 0 Å². The third kappa shape index (κ3) is 105. The Balaban J connectivity index is 4.57. The Morgan fingerprint density at radius 2 is 0.405 bits per heavy atom. The van der Waals surface area contributed by atoms with Crippen LogP contribution in [0.1, 0.15) is 470 Å². The molecule has 0 aromatic heterocycles. The predicted octanol–water partition coefficient (Wildman–Crippen LogP) is 34.1. The second-order valence-electron chi connectivity index (χ2n) is 35.6. The molecule has 0 saturated heterocycles. The van der Waals surface area contributed by atoms with Crippen molar-refractivity contribution in [3.8, 4) is 0 Å². The fourth-order valence-corrected chi connectivity index (χ4v) is 16.5. The average Bonchev–Trinajstić information content (AvgIpc) is 0.885. The largest absolute Gasteiger partial charge is 0.472 e. The topological polar surface area (TPSA) is 231 Å². The number of hydrogen-bond acceptors (Lipinski definition) is 14. The quantitative estimate of drug-likeness (QED) is 0.0146. The molecular weight excluding hydrogens is 1680 g/mol. The van der Waals surface area contributed by atoms with Gasteiger partial charge in [-0.25, -0.2) is 9.13 Å². The summed E-state index contributed by atoms with van der Waals surface area (Å²) in [6.45, 7) is 2.52. The molecule has 0 bridgehead atoms. The zero-order valence-electron chi connectivity index (χ0n) is 83.7. The fraction of sp³-hybridized carbons (Fsp3) is 0.726. The number of carbonyl (C=O) groups is 3. The predicted molar refractivity (Wildman–Crippen MR) is 555 cm³/mol. The van der Waals surface area contributed by atoms with Gasteiger partial charge in [0.15, 0.2) is 6.10 Å². The van der Waals surface area contributed by atoms with Crippen LogP contribution in [-0.2, 0) is 55.8 Å². The summed E-state index contributed by atoms with van der Waals surface area (Å²) in [6, 6.07) is 0. The van der Waals surface area contributed by atoms with Crippen LogP contribution in [0.4, 0.5) is 0 Å². The number of unbranched alkanes of at least 4 members (excludes halogenated alkanes) is 50. The average molecular weight is 1870 g/mol. The fourth-order valence-electron chi connectivity index (χ4n) is 14.9. The number of hydrogen-bond donors (Lipinski definition) is 4. The highest BCUT2D eigenvalue weighted by Crippen LogP contribution is 2.45. The molecule has 0 aliphatic heterocycles. The lowest BCUT2D eigenvalue weighted by atomic mass is 10.0. The van der Waals surface area contributed by atoms with Gasteiger partial charge >= 0.3 is 33.6 Å². The Bertz CT molecular complexity index is 3060. The molecule has 0 heterocycles. The zero-order valence-corrected chi connectivity index (χ0v) is 85.5. The molecule has 0 radical (unpaired) electrons. The Morgan fingerprint density at radius 1 is 0.221 bits per heavy atom. The summed E-state index contributed by atoms with van der Waals surface area (Å²) in [7, 11) is -9.82. The molecule has 0 saturated carbocycles. The van der Waals surface area contributed by atoms with Crippen LogP contribution in [0.5, 0.6) is 0 Å². The van der Waals surface area contributed by atoms with E-state index in [1.165, 1.54) is 257 Å². The molecule has 0 aromatic rings. The number of aliphatic hydroxyl groups excluding tert-OH is 2. The minimum Gasteiger partial charge on any atom is -0.463 e. The minimum atomic E-state index is -4.95. The number of aliphatic hydroxyl groups is 2. The molecule has 5 unspecified atom stereocenters. The Hall–Kier alpha value is -5.09. The van der Waals surface area contributed by atoms with Crippen molar-refractivity contribution in [2.24, 2.45) is 0 Å². The van der Waals surface area contributed by atoms with Gasteiger partial charge in [-0.1, -0.05) is 467 Å². The highest BCUT2D eigenvalue weighted by atomic mass is 31.2. The Kier molecular flexibility index (Phi) is 99.8. The van der Waals surface area contributed by atoms with Crippen LogP contribution in [0.3, 0.4) is 0 Å². The van der Waals surface area contributed by atoms with Crippen molar-refractivity contribution in [2.45, 2.75) is 489 Å². The number of phosphoric ester groups is 2. The van der Waals surface area contributed by atoms with Crippen molar-refractivity contribution < 1.29 is 75.8 Å². The van der Waals surface area contributed by atoms with Gasteiger partial charge < -0.3 is 34.2 Å². The molecule has 0 rings (SSSR count). The Morgan fingerprint density at radius 3 is 0.641 bits per heavy atom. The molecule has 0 fully saturated rings. The molecule has 0 aromatic carbocycles. The summed E-state index contributed by atoms with van der Waals surface area (Å²) in [5, 5.41) is 20.8. The van der Waals surface area contributed by atoms with Gasteiger partial charge in [0, 0.05) is 19.3 Å². The molecule has 0 amide bonds. The lowest BCUT2D eigenvalue weighted by Crippen LogP contribution is -2.30. The van der Waals surface area contributed by atoms with Crippen LogP contribution in [0, 0.1) is 0 Å². The second-order valence-corrected chi connectivity index (χ2v) is 38.6. The lowest BCUT2D eigenvalue weighted by Gasteiger charge is -2.21. The molecule has 0 spiro atoms. The number of carbonyl (C=O) groups excluding carboxylic acids is 3. The van der Waals surface area contributed by atoms with Gasteiger partial charge in [-0.05, 0) is 154 Å². The van der Waals surface area contributed by atoms with Crippen molar-refractivity contribution in [1.82, 2.24) is 0 Å².